The van der Waals surface area contributed by atoms with Crippen molar-refractivity contribution in [1.29, 1.82) is 0 Å². The van der Waals surface area contributed by atoms with E-state index in [0.29, 0.717) is 26.8 Å². The van der Waals surface area contributed by atoms with Crippen molar-refractivity contribution >= 4 is 34.3 Å². The quantitative estimate of drug-likeness (QED) is 0.236. The van der Waals surface area contributed by atoms with Crippen molar-refractivity contribution in [2.24, 2.45) is 0 Å². The molecule has 0 N–H and O–H groups in total. The lowest BCUT2D eigenvalue weighted by Crippen LogP contribution is -2.22. The third-order valence-corrected chi connectivity index (χ3v) is 7.03. The van der Waals surface area contributed by atoms with Crippen LogP contribution in [0.25, 0.3) is 16.6 Å². The third kappa shape index (κ3) is 4.35. The number of nitrogens with zero attached hydrogens (tertiary/aromatic N) is 2. The van der Waals surface area contributed by atoms with Crippen LogP contribution in [0.2, 0.25) is 5.02 Å². The molecule has 0 aliphatic rings. The largest absolute Gasteiger partial charge is 0.268 e. The number of thioether (sulfide) groups is 1. The van der Waals surface area contributed by atoms with Crippen LogP contribution in [-0.2, 0) is 11.2 Å². The molecule has 0 saturated carbocycles. The summed E-state index contributed by atoms with van der Waals surface area (Å²) in [5.74, 6) is 0.720. The van der Waals surface area contributed by atoms with Gasteiger partial charge in [-0.15, -0.1) is 0 Å². The Kier molecular flexibility index (Phi) is 6.19. The SMILES string of the molecule is Cc1cc(C(C)(C)C)cc(C)c1CSc1nc2ccccc2c(=O)n1-c1ccccc1Cl. The molecule has 32 heavy (non-hydrogen) atoms. The van der Waals surface area contributed by atoms with E-state index in [2.05, 4.69) is 46.8 Å². The second kappa shape index (κ2) is 8.76. The molecule has 164 valence electrons. The first-order valence-corrected chi connectivity index (χ1v) is 12.0. The zero-order valence-corrected chi connectivity index (χ0v) is 20.6. The molecule has 0 saturated heterocycles. The molecular formula is C27H27ClN2OS. The molecule has 1 heterocycles. The van der Waals surface area contributed by atoms with Gasteiger partial charge in [-0.3, -0.25) is 9.36 Å². The zero-order valence-electron chi connectivity index (χ0n) is 19.1. The Morgan fingerprint density at radius 3 is 2.25 bits per heavy atom. The fourth-order valence-corrected chi connectivity index (χ4v) is 5.27. The summed E-state index contributed by atoms with van der Waals surface area (Å²) in [5, 5.41) is 1.74. The van der Waals surface area contributed by atoms with E-state index in [0.717, 1.165) is 5.75 Å². The van der Waals surface area contributed by atoms with E-state index in [9.17, 15) is 4.79 Å². The number of para-hydroxylation sites is 2. The maximum absolute atomic E-state index is 13.5. The highest BCUT2D eigenvalue weighted by Crippen LogP contribution is 2.32. The number of hydrogen-bond donors (Lipinski definition) is 0. The van der Waals surface area contributed by atoms with Crippen LogP contribution in [0.15, 0.2) is 70.6 Å². The van der Waals surface area contributed by atoms with E-state index in [1.807, 2.05) is 42.5 Å². The van der Waals surface area contributed by atoms with Gasteiger partial charge >= 0.3 is 0 Å². The van der Waals surface area contributed by atoms with E-state index in [1.54, 1.807) is 22.4 Å². The number of aryl methyl sites for hydroxylation is 2. The summed E-state index contributed by atoms with van der Waals surface area (Å²) in [6.45, 7) is 11.0. The van der Waals surface area contributed by atoms with Gasteiger partial charge in [0.25, 0.3) is 5.56 Å². The van der Waals surface area contributed by atoms with Gasteiger partial charge < -0.3 is 0 Å². The molecule has 0 atom stereocenters. The highest BCUT2D eigenvalue weighted by atomic mass is 35.5. The fourth-order valence-electron chi connectivity index (χ4n) is 3.85. The van der Waals surface area contributed by atoms with Crippen molar-refractivity contribution in [3.05, 3.63) is 98.3 Å². The van der Waals surface area contributed by atoms with Crippen molar-refractivity contribution < 1.29 is 0 Å². The Morgan fingerprint density at radius 1 is 0.969 bits per heavy atom. The molecule has 0 aliphatic heterocycles. The fraction of sp³-hybridized carbons (Fsp3) is 0.259. The molecule has 0 spiro atoms. The first-order chi connectivity index (χ1) is 15.2. The van der Waals surface area contributed by atoms with Gasteiger partial charge in [-0.1, -0.05) is 80.5 Å². The highest BCUT2D eigenvalue weighted by Gasteiger charge is 2.18. The van der Waals surface area contributed by atoms with Crippen LogP contribution in [0.3, 0.4) is 0 Å². The molecule has 0 fully saturated rings. The normalized spacial score (nSPS) is 11.8. The maximum atomic E-state index is 13.5. The summed E-state index contributed by atoms with van der Waals surface area (Å²) in [4.78, 5) is 18.3. The minimum atomic E-state index is -0.109. The number of hydrogen-bond acceptors (Lipinski definition) is 3. The van der Waals surface area contributed by atoms with Gasteiger partial charge in [0.15, 0.2) is 5.16 Å². The molecule has 5 heteroatoms. The van der Waals surface area contributed by atoms with Crippen molar-refractivity contribution in [1.82, 2.24) is 9.55 Å². The molecule has 4 rings (SSSR count). The lowest BCUT2D eigenvalue weighted by Gasteiger charge is -2.22. The second-order valence-electron chi connectivity index (χ2n) is 9.13. The first kappa shape index (κ1) is 22.6. The predicted molar refractivity (Wildman–Crippen MR) is 137 cm³/mol. The summed E-state index contributed by atoms with van der Waals surface area (Å²) in [6.07, 6.45) is 0. The predicted octanol–water partition coefficient (Wildman–Crippen LogP) is 7.25. The van der Waals surface area contributed by atoms with Crippen molar-refractivity contribution in [2.75, 3.05) is 0 Å². The third-order valence-electron chi connectivity index (χ3n) is 5.75. The number of rotatable bonds is 4. The average Bonchev–Trinajstić information content (AvgIpc) is 2.73. The summed E-state index contributed by atoms with van der Waals surface area (Å²) < 4.78 is 1.64. The van der Waals surface area contributed by atoms with Gasteiger partial charge in [-0.2, -0.15) is 0 Å². The minimum Gasteiger partial charge on any atom is -0.268 e. The van der Waals surface area contributed by atoms with Crippen LogP contribution in [-0.4, -0.2) is 9.55 Å². The second-order valence-corrected chi connectivity index (χ2v) is 10.5. The highest BCUT2D eigenvalue weighted by molar-refractivity contribution is 7.98. The molecule has 0 aliphatic carbocycles. The van der Waals surface area contributed by atoms with Gasteiger partial charge in [0, 0.05) is 5.75 Å². The minimum absolute atomic E-state index is 0.103. The smallest absolute Gasteiger partial charge is 0.266 e. The van der Waals surface area contributed by atoms with Crippen LogP contribution in [0, 0.1) is 13.8 Å². The van der Waals surface area contributed by atoms with Gasteiger partial charge in [0.1, 0.15) is 0 Å². The molecule has 0 amide bonds. The molecule has 0 unspecified atom stereocenters. The number of fused-ring (bicyclic) bond motifs is 1. The van der Waals surface area contributed by atoms with Crippen LogP contribution in [0.5, 0.6) is 0 Å². The molecular weight excluding hydrogens is 436 g/mol. The molecule has 0 radical (unpaired) electrons. The lowest BCUT2D eigenvalue weighted by atomic mass is 9.84. The Bertz CT molecular complexity index is 1350. The van der Waals surface area contributed by atoms with Crippen LogP contribution in [0.1, 0.15) is 43.0 Å². The van der Waals surface area contributed by atoms with E-state index < -0.39 is 0 Å². The Morgan fingerprint density at radius 2 is 1.59 bits per heavy atom. The van der Waals surface area contributed by atoms with Gasteiger partial charge in [-0.25, -0.2) is 4.98 Å². The van der Waals surface area contributed by atoms with Gasteiger partial charge in [0.2, 0.25) is 0 Å². The molecule has 1 aromatic heterocycles. The molecule has 3 nitrogen and oxygen atoms in total. The van der Waals surface area contributed by atoms with Gasteiger partial charge in [-0.05, 0) is 65.8 Å². The van der Waals surface area contributed by atoms with E-state index in [1.165, 1.54) is 22.3 Å². The Labute approximate surface area is 198 Å². The van der Waals surface area contributed by atoms with Crippen LogP contribution >= 0.6 is 23.4 Å². The zero-order chi connectivity index (χ0) is 23.0. The maximum Gasteiger partial charge on any atom is 0.266 e. The van der Waals surface area contributed by atoms with Gasteiger partial charge in [0.05, 0.1) is 21.6 Å². The molecule has 3 aromatic carbocycles. The number of halogens is 1. The van der Waals surface area contributed by atoms with E-state index >= 15 is 0 Å². The van der Waals surface area contributed by atoms with E-state index in [4.69, 9.17) is 16.6 Å². The summed E-state index contributed by atoms with van der Waals surface area (Å²) in [6, 6.07) is 19.4. The van der Waals surface area contributed by atoms with Crippen LogP contribution < -0.4 is 5.56 Å². The summed E-state index contributed by atoms with van der Waals surface area (Å²) in [7, 11) is 0. The van der Waals surface area contributed by atoms with Crippen molar-refractivity contribution in [3.63, 3.8) is 0 Å². The van der Waals surface area contributed by atoms with Crippen molar-refractivity contribution in [3.8, 4) is 5.69 Å². The topological polar surface area (TPSA) is 34.9 Å². The Hall–Kier alpha value is -2.56. The summed E-state index contributed by atoms with van der Waals surface area (Å²) in [5.41, 5.74) is 6.46. The lowest BCUT2D eigenvalue weighted by molar-refractivity contribution is 0.589. The Balaban J connectivity index is 1.81. The number of aromatic nitrogens is 2. The monoisotopic (exact) mass is 462 g/mol. The summed E-state index contributed by atoms with van der Waals surface area (Å²) >= 11 is 8.05. The number of benzene rings is 3. The average molecular weight is 463 g/mol. The van der Waals surface area contributed by atoms with E-state index in [-0.39, 0.29) is 11.0 Å². The standard InChI is InChI=1S/C27H27ClN2OS/c1-17-14-19(27(3,4)5)15-18(2)21(17)16-32-26-29-23-12-8-6-10-20(23)25(31)30(26)24-13-9-7-11-22(24)28/h6-15H,16H2,1-5H3. The van der Waals surface area contributed by atoms with Crippen molar-refractivity contribution in [2.45, 2.75) is 50.9 Å². The molecule has 4 aromatic rings. The van der Waals surface area contributed by atoms with Crippen LogP contribution in [0.4, 0.5) is 0 Å². The first-order valence-electron chi connectivity index (χ1n) is 10.7. The molecule has 0 bridgehead atoms.